The van der Waals surface area contributed by atoms with Gasteiger partial charge in [-0.25, -0.2) is 9.78 Å². The summed E-state index contributed by atoms with van der Waals surface area (Å²) >= 11 is 5.34. The average Bonchev–Trinajstić information content (AvgIpc) is 3.13. The lowest BCUT2D eigenvalue weighted by atomic mass is 9.86. The van der Waals surface area contributed by atoms with Crippen LogP contribution >= 0.6 is 12.2 Å². The summed E-state index contributed by atoms with van der Waals surface area (Å²) in [6.07, 6.45) is 6.15. The normalized spacial score (nSPS) is 26.3. The second-order valence-corrected chi connectivity index (χ2v) is 7.44. The van der Waals surface area contributed by atoms with E-state index in [0.29, 0.717) is 17.0 Å². The Balaban J connectivity index is 1.83. The number of fused-ring (bicyclic) bond motifs is 3. The first-order valence-electron chi connectivity index (χ1n) is 8.14. The minimum Gasteiger partial charge on any atom is -0.329 e. The van der Waals surface area contributed by atoms with Crippen molar-refractivity contribution in [2.45, 2.75) is 32.1 Å². The van der Waals surface area contributed by atoms with Crippen LogP contribution in [0.2, 0.25) is 0 Å². The van der Waals surface area contributed by atoms with Crippen LogP contribution in [-0.4, -0.2) is 19.1 Å². The van der Waals surface area contributed by atoms with Crippen LogP contribution in [0.4, 0.5) is 0 Å². The summed E-state index contributed by atoms with van der Waals surface area (Å²) in [5.74, 6) is 3.12. The van der Waals surface area contributed by atoms with Gasteiger partial charge in [0.15, 0.2) is 0 Å². The standard InChI is InChI=1S/C16H20N4O2S/c1-19-13-12(15(21)20(2)16(19)22)14(23)18-11(17-13)7-10-6-8-3-4-9(10)5-8/h8-10H,3-7H2,1-2H3,(H,17,18,23). The van der Waals surface area contributed by atoms with Crippen LogP contribution in [0.3, 0.4) is 0 Å². The van der Waals surface area contributed by atoms with Gasteiger partial charge in [-0.05, 0) is 37.0 Å². The lowest BCUT2D eigenvalue weighted by molar-refractivity contribution is 0.327. The fraction of sp³-hybridized carbons (Fsp3) is 0.625. The number of hydrogen-bond donors (Lipinski definition) is 1. The number of aryl methyl sites for hydroxylation is 1. The van der Waals surface area contributed by atoms with E-state index in [9.17, 15) is 9.59 Å². The number of nitrogens with zero attached hydrogens (tertiary/aromatic N) is 3. The van der Waals surface area contributed by atoms with Crippen LogP contribution in [0.5, 0.6) is 0 Å². The summed E-state index contributed by atoms with van der Waals surface area (Å²) in [4.78, 5) is 32.1. The van der Waals surface area contributed by atoms with E-state index >= 15 is 0 Å². The van der Waals surface area contributed by atoms with Gasteiger partial charge in [-0.3, -0.25) is 13.9 Å². The van der Waals surface area contributed by atoms with Crippen LogP contribution in [0.25, 0.3) is 11.0 Å². The molecule has 23 heavy (non-hydrogen) atoms. The zero-order valence-electron chi connectivity index (χ0n) is 13.3. The van der Waals surface area contributed by atoms with Crippen LogP contribution in [0.1, 0.15) is 31.5 Å². The lowest BCUT2D eigenvalue weighted by Crippen LogP contribution is -2.37. The van der Waals surface area contributed by atoms with E-state index in [2.05, 4.69) is 9.97 Å². The first-order chi connectivity index (χ1) is 11.0. The lowest BCUT2D eigenvalue weighted by Gasteiger charge is -2.21. The van der Waals surface area contributed by atoms with Gasteiger partial charge in [0.2, 0.25) is 0 Å². The molecule has 2 aromatic rings. The first kappa shape index (κ1) is 14.8. The summed E-state index contributed by atoms with van der Waals surface area (Å²) in [6.45, 7) is 0. The number of hydrogen-bond acceptors (Lipinski definition) is 4. The quantitative estimate of drug-likeness (QED) is 0.849. The third kappa shape index (κ3) is 2.21. The van der Waals surface area contributed by atoms with E-state index < -0.39 is 0 Å². The number of aromatic nitrogens is 4. The highest BCUT2D eigenvalue weighted by Crippen LogP contribution is 2.49. The maximum absolute atomic E-state index is 12.3. The predicted octanol–water partition coefficient (Wildman–Crippen LogP) is 1.67. The molecule has 2 aliphatic carbocycles. The van der Waals surface area contributed by atoms with Crippen LogP contribution in [0, 0.1) is 22.4 Å². The van der Waals surface area contributed by atoms with Crippen molar-refractivity contribution in [3.63, 3.8) is 0 Å². The van der Waals surface area contributed by atoms with E-state index in [1.807, 2.05) is 0 Å². The van der Waals surface area contributed by atoms with Crippen molar-refractivity contribution < 1.29 is 0 Å². The molecule has 0 spiro atoms. The van der Waals surface area contributed by atoms with Gasteiger partial charge in [0.05, 0.1) is 0 Å². The van der Waals surface area contributed by atoms with Crippen molar-refractivity contribution in [3.05, 3.63) is 31.3 Å². The molecule has 0 aliphatic heterocycles. The van der Waals surface area contributed by atoms with Crippen LogP contribution in [0.15, 0.2) is 9.59 Å². The highest BCUT2D eigenvalue weighted by molar-refractivity contribution is 7.71. The Labute approximate surface area is 138 Å². The predicted molar refractivity (Wildman–Crippen MR) is 90.1 cm³/mol. The molecule has 2 fully saturated rings. The topological polar surface area (TPSA) is 72.7 Å². The van der Waals surface area contributed by atoms with Gasteiger partial charge in [0.1, 0.15) is 21.5 Å². The molecule has 0 aromatic carbocycles. The molecule has 2 saturated carbocycles. The first-order valence-corrected chi connectivity index (χ1v) is 8.55. The van der Waals surface area contributed by atoms with Crippen molar-refractivity contribution >= 4 is 23.3 Å². The third-order valence-corrected chi connectivity index (χ3v) is 6.01. The fourth-order valence-corrected chi connectivity index (χ4v) is 4.79. The summed E-state index contributed by atoms with van der Waals surface area (Å²) in [7, 11) is 3.11. The Bertz CT molecular complexity index is 971. The molecule has 1 N–H and O–H groups in total. The Kier molecular flexibility index (Phi) is 3.30. The van der Waals surface area contributed by atoms with Crippen molar-refractivity contribution in [1.82, 2.24) is 19.1 Å². The molecule has 4 rings (SSSR count). The largest absolute Gasteiger partial charge is 0.332 e. The Hall–Kier alpha value is -1.76. The maximum atomic E-state index is 12.3. The smallest absolute Gasteiger partial charge is 0.329 e. The molecule has 2 bridgehead atoms. The molecule has 2 aliphatic rings. The van der Waals surface area contributed by atoms with E-state index in [-0.39, 0.29) is 15.9 Å². The summed E-state index contributed by atoms with van der Waals surface area (Å²) in [5, 5.41) is 0.321. The van der Waals surface area contributed by atoms with Gasteiger partial charge >= 0.3 is 5.69 Å². The molecule has 0 saturated heterocycles. The van der Waals surface area contributed by atoms with Crippen molar-refractivity contribution in [3.8, 4) is 0 Å². The molecule has 3 unspecified atom stereocenters. The molecule has 122 valence electrons. The highest BCUT2D eigenvalue weighted by atomic mass is 32.1. The highest BCUT2D eigenvalue weighted by Gasteiger charge is 2.39. The summed E-state index contributed by atoms with van der Waals surface area (Å²) in [6, 6.07) is 0. The molecule has 7 heteroatoms. The van der Waals surface area contributed by atoms with Crippen molar-refractivity contribution in [2.24, 2.45) is 31.8 Å². The minimum atomic E-state index is -0.386. The van der Waals surface area contributed by atoms with E-state index in [1.54, 1.807) is 7.05 Å². The number of rotatable bonds is 2. The number of aromatic amines is 1. The van der Waals surface area contributed by atoms with E-state index in [1.165, 1.54) is 37.3 Å². The number of nitrogens with one attached hydrogen (secondary N) is 1. The summed E-state index contributed by atoms with van der Waals surface area (Å²) in [5.41, 5.74) is -0.259. The monoisotopic (exact) mass is 332 g/mol. The van der Waals surface area contributed by atoms with Gasteiger partial charge in [-0.15, -0.1) is 0 Å². The fourth-order valence-electron chi connectivity index (χ4n) is 4.50. The average molecular weight is 332 g/mol. The zero-order valence-corrected chi connectivity index (χ0v) is 14.2. The Morgan fingerprint density at radius 2 is 2.00 bits per heavy atom. The van der Waals surface area contributed by atoms with Gasteiger partial charge in [0.25, 0.3) is 5.56 Å². The van der Waals surface area contributed by atoms with Crippen LogP contribution < -0.4 is 11.2 Å². The molecule has 6 nitrogen and oxygen atoms in total. The minimum absolute atomic E-state index is 0.285. The molecule has 2 heterocycles. The van der Waals surface area contributed by atoms with Crippen LogP contribution in [-0.2, 0) is 20.5 Å². The molecule has 0 amide bonds. The zero-order chi connectivity index (χ0) is 16.3. The molecular weight excluding hydrogens is 312 g/mol. The van der Waals surface area contributed by atoms with Gasteiger partial charge in [0, 0.05) is 20.5 Å². The Morgan fingerprint density at radius 1 is 1.22 bits per heavy atom. The van der Waals surface area contributed by atoms with Gasteiger partial charge < -0.3 is 4.98 Å². The molecule has 3 atom stereocenters. The number of H-pyrrole nitrogens is 1. The molecule has 2 aromatic heterocycles. The molecule has 0 radical (unpaired) electrons. The third-order valence-electron chi connectivity index (χ3n) is 5.72. The van der Waals surface area contributed by atoms with Gasteiger partial charge in [-0.1, -0.05) is 18.6 Å². The maximum Gasteiger partial charge on any atom is 0.332 e. The van der Waals surface area contributed by atoms with Gasteiger partial charge in [-0.2, -0.15) is 0 Å². The SMILES string of the molecule is Cn1c(=O)c2c(=S)nc(CC3CC4CCC3C4)[nH]c2n(C)c1=O. The van der Waals surface area contributed by atoms with Crippen molar-refractivity contribution in [2.75, 3.05) is 0 Å². The second-order valence-electron chi connectivity index (χ2n) is 7.06. The second kappa shape index (κ2) is 5.12. The molecular formula is C16H20N4O2S. The summed E-state index contributed by atoms with van der Waals surface area (Å²) < 4.78 is 2.80. The van der Waals surface area contributed by atoms with Crippen molar-refractivity contribution in [1.29, 1.82) is 0 Å². The van der Waals surface area contributed by atoms with E-state index in [0.717, 1.165) is 28.6 Å². The van der Waals surface area contributed by atoms with E-state index in [4.69, 9.17) is 12.2 Å². The Morgan fingerprint density at radius 3 is 2.65 bits per heavy atom.